The molecule has 0 heterocycles. The third-order valence-electron chi connectivity index (χ3n) is 4.81. The number of hydrogen-bond donors (Lipinski definition) is 1. The molecule has 4 heteroatoms. The molecule has 4 nitrogen and oxygen atoms in total. The maximum Gasteiger partial charge on any atom is 0.407 e. The van der Waals surface area contributed by atoms with Crippen LogP contribution in [-0.2, 0) is 4.74 Å². The van der Waals surface area contributed by atoms with E-state index in [9.17, 15) is 4.79 Å². The van der Waals surface area contributed by atoms with Crippen molar-refractivity contribution < 1.29 is 14.3 Å². The predicted octanol–water partition coefficient (Wildman–Crippen LogP) is 6.04. The summed E-state index contributed by atoms with van der Waals surface area (Å²) in [4.78, 5) is 11.8. The van der Waals surface area contributed by atoms with E-state index in [1.807, 2.05) is 30.3 Å². The Labute approximate surface area is 159 Å². The van der Waals surface area contributed by atoms with E-state index in [4.69, 9.17) is 9.47 Å². The van der Waals surface area contributed by atoms with Gasteiger partial charge in [0.1, 0.15) is 5.75 Å². The van der Waals surface area contributed by atoms with Gasteiger partial charge < -0.3 is 14.8 Å². The van der Waals surface area contributed by atoms with Crippen LogP contribution in [0.2, 0.25) is 0 Å². The zero-order valence-corrected chi connectivity index (χ0v) is 16.6. The van der Waals surface area contributed by atoms with Gasteiger partial charge in [0.2, 0.25) is 0 Å². The fourth-order valence-electron chi connectivity index (χ4n) is 3.19. The number of ether oxygens (including phenoxy) is 2. The summed E-state index contributed by atoms with van der Waals surface area (Å²) in [6.45, 7) is 6.24. The normalized spacial score (nSPS) is 12.9. The fraction of sp³-hybridized carbons (Fsp3) is 0.591. The molecule has 0 saturated heterocycles. The zero-order chi connectivity index (χ0) is 19.2. The number of hydrogen-bond acceptors (Lipinski definition) is 3. The Morgan fingerprint density at radius 2 is 1.69 bits per heavy atom. The van der Waals surface area contributed by atoms with Crippen LogP contribution in [-0.4, -0.2) is 20.3 Å². The summed E-state index contributed by atoms with van der Waals surface area (Å²) in [5, 5.41) is 2.97. The lowest BCUT2D eigenvalue weighted by Crippen LogP contribution is -2.32. The highest BCUT2D eigenvalue weighted by Crippen LogP contribution is 2.29. The summed E-state index contributed by atoms with van der Waals surface area (Å²) in [6.07, 6.45) is 11.4. The second kappa shape index (κ2) is 13.3. The van der Waals surface area contributed by atoms with Crippen LogP contribution in [0.3, 0.4) is 0 Å². The van der Waals surface area contributed by atoms with Crippen LogP contribution in [0.1, 0.15) is 69.9 Å². The van der Waals surface area contributed by atoms with E-state index in [-0.39, 0.29) is 12.0 Å². The largest absolute Gasteiger partial charge is 0.497 e. The molecule has 0 fully saturated rings. The molecular formula is C22H35NO3. The summed E-state index contributed by atoms with van der Waals surface area (Å²) in [7, 11) is 3.03. The van der Waals surface area contributed by atoms with Gasteiger partial charge in [-0.25, -0.2) is 4.79 Å². The smallest absolute Gasteiger partial charge is 0.407 e. The summed E-state index contributed by atoms with van der Waals surface area (Å²) in [5.74, 6) is 0.964. The number of amides is 1. The lowest BCUT2D eigenvalue weighted by atomic mass is 9.88. The van der Waals surface area contributed by atoms with Crippen LogP contribution in [0.15, 0.2) is 36.9 Å². The Bertz CT molecular complexity index is 513. The van der Waals surface area contributed by atoms with Crippen molar-refractivity contribution in [3.8, 4) is 5.75 Å². The molecule has 0 unspecified atom stereocenters. The van der Waals surface area contributed by atoms with Crippen molar-refractivity contribution in [2.24, 2.45) is 5.92 Å². The maximum absolute atomic E-state index is 11.8. The molecule has 0 saturated carbocycles. The van der Waals surface area contributed by atoms with E-state index < -0.39 is 6.09 Å². The second-order valence-electron chi connectivity index (χ2n) is 6.70. The Morgan fingerprint density at radius 1 is 1.08 bits per heavy atom. The van der Waals surface area contributed by atoms with Crippen molar-refractivity contribution >= 4 is 6.09 Å². The van der Waals surface area contributed by atoms with Crippen LogP contribution in [0, 0.1) is 5.92 Å². The Morgan fingerprint density at radius 3 is 2.23 bits per heavy atom. The Balaban J connectivity index is 2.66. The maximum atomic E-state index is 11.8. The van der Waals surface area contributed by atoms with Crippen LogP contribution in [0.25, 0.3) is 0 Å². The van der Waals surface area contributed by atoms with Gasteiger partial charge in [0.05, 0.1) is 20.3 Å². The van der Waals surface area contributed by atoms with Crippen LogP contribution >= 0.6 is 0 Å². The first-order valence-corrected chi connectivity index (χ1v) is 9.77. The van der Waals surface area contributed by atoms with E-state index in [2.05, 4.69) is 18.8 Å². The van der Waals surface area contributed by atoms with Crippen molar-refractivity contribution in [2.75, 3.05) is 14.2 Å². The minimum Gasteiger partial charge on any atom is -0.497 e. The van der Waals surface area contributed by atoms with Gasteiger partial charge in [-0.1, -0.05) is 70.1 Å². The minimum absolute atomic E-state index is 0.147. The van der Waals surface area contributed by atoms with Crippen molar-refractivity contribution in [3.63, 3.8) is 0 Å². The molecule has 1 aromatic carbocycles. The third-order valence-corrected chi connectivity index (χ3v) is 4.81. The number of benzene rings is 1. The quantitative estimate of drug-likeness (QED) is 0.344. The fourth-order valence-corrected chi connectivity index (χ4v) is 3.19. The molecule has 1 rings (SSSR count). The molecule has 1 aromatic rings. The summed E-state index contributed by atoms with van der Waals surface area (Å²) in [6, 6.07) is 7.65. The molecule has 1 N–H and O–H groups in total. The molecule has 0 spiro atoms. The van der Waals surface area contributed by atoms with E-state index in [1.54, 1.807) is 7.11 Å². The van der Waals surface area contributed by atoms with Gasteiger partial charge in [-0.2, -0.15) is 0 Å². The number of unbranched alkanes of at least 4 members (excludes halogenated alkanes) is 6. The van der Waals surface area contributed by atoms with E-state index in [1.165, 1.54) is 45.6 Å². The molecule has 146 valence electrons. The first-order chi connectivity index (χ1) is 12.7. The van der Waals surface area contributed by atoms with Gasteiger partial charge >= 0.3 is 6.09 Å². The summed E-state index contributed by atoms with van der Waals surface area (Å²) >= 11 is 0. The average Bonchev–Trinajstić information content (AvgIpc) is 2.68. The molecule has 0 aliphatic rings. The number of methoxy groups -OCH3 is 2. The van der Waals surface area contributed by atoms with Gasteiger partial charge in [-0.15, -0.1) is 6.58 Å². The molecule has 0 aliphatic heterocycles. The highest BCUT2D eigenvalue weighted by atomic mass is 16.5. The number of carbonyl (C=O) groups excluding carboxylic acids is 1. The van der Waals surface area contributed by atoms with E-state index in [0.29, 0.717) is 0 Å². The topological polar surface area (TPSA) is 47.6 Å². The molecule has 26 heavy (non-hydrogen) atoms. The predicted molar refractivity (Wildman–Crippen MR) is 108 cm³/mol. The van der Waals surface area contributed by atoms with Crippen molar-refractivity contribution in [3.05, 3.63) is 42.5 Å². The summed E-state index contributed by atoms with van der Waals surface area (Å²) in [5.41, 5.74) is 1.03. The average molecular weight is 362 g/mol. The molecule has 1 amide bonds. The second-order valence-corrected chi connectivity index (χ2v) is 6.70. The van der Waals surface area contributed by atoms with Gasteiger partial charge in [0, 0.05) is 5.92 Å². The highest BCUT2D eigenvalue weighted by molar-refractivity contribution is 5.67. The monoisotopic (exact) mass is 361 g/mol. The Hall–Kier alpha value is -1.97. The summed E-state index contributed by atoms with van der Waals surface area (Å²) < 4.78 is 10.0. The molecule has 0 bridgehead atoms. The van der Waals surface area contributed by atoms with Crippen LogP contribution in [0.5, 0.6) is 5.75 Å². The minimum atomic E-state index is -0.419. The van der Waals surface area contributed by atoms with E-state index in [0.717, 1.165) is 24.2 Å². The lowest BCUT2D eigenvalue weighted by molar-refractivity contribution is 0.163. The van der Waals surface area contributed by atoms with Gasteiger partial charge in [-0.3, -0.25) is 0 Å². The van der Waals surface area contributed by atoms with Crippen LogP contribution < -0.4 is 10.1 Å². The number of alkyl carbamates (subject to hydrolysis) is 1. The van der Waals surface area contributed by atoms with Gasteiger partial charge in [0.15, 0.2) is 0 Å². The molecule has 0 aliphatic carbocycles. The van der Waals surface area contributed by atoms with Gasteiger partial charge in [-0.05, 0) is 24.1 Å². The van der Waals surface area contributed by atoms with Crippen LogP contribution in [0.4, 0.5) is 4.79 Å². The number of carbonyl (C=O) groups is 1. The first-order valence-electron chi connectivity index (χ1n) is 9.77. The van der Waals surface area contributed by atoms with Crippen molar-refractivity contribution in [1.82, 2.24) is 5.32 Å². The SMILES string of the molecule is C=C[C@@H](CCCCCCCCC)[C@H](NC(=O)OC)c1ccc(OC)cc1. The molecule has 0 radical (unpaired) electrons. The third kappa shape index (κ3) is 7.94. The van der Waals surface area contributed by atoms with Crippen molar-refractivity contribution in [1.29, 1.82) is 0 Å². The lowest BCUT2D eigenvalue weighted by Gasteiger charge is -2.26. The first kappa shape index (κ1) is 22.1. The van der Waals surface area contributed by atoms with Crippen molar-refractivity contribution in [2.45, 2.75) is 64.3 Å². The van der Waals surface area contributed by atoms with E-state index >= 15 is 0 Å². The molecular weight excluding hydrogens is 326 g/mol. The Kier molecular flexibility index (Phi) is 11.3. The number of nitrogens with one attached hydrogen (secondary N) is 1. The number of rotatable bonds is 13. The van der Waals surface area contributed by atoms with Gasteiger partial charge in [0.25, 0.3) is 0 Å². The standard InChI is InChI=1S/C22H35NO3/c1-5-7-8-9-10-11-12-13-18(6-2)21(23-22(24)26-4)19-14-16-20(25-3)17-15-19/h6,14-18,21H,2,5,7-13H2,1,3-4H3,(H,23,24)/t18-,21-/m0/s1. The molecule has 0 aromatic heterocycles. The highest BCUT2D eigenvalue weighted by Gasteiger charge is 2.23. The zero-order valence-electron chi connectivity index (χ0n) is 16.6. The molecule has 2 atom stereocenters.